The van der Waals surface area contributed by atoms with E-state index in [4.69, 9.17) is 14.0 Å². The molecule has 0 spiro atoms. The maximum absolute atomic E-state index is 12.0. The lowest BCUT2D eigenvalue weighted by Crippen LogP contribution is -2.06. The summed E-state index contributed by atoms with van der Waals surface area (Å²) in [7, 11) is 1.48. The lowest BCUT2D eigenvalue weighted by molar-refractivity contribution is 0.0467. The number of aromatic nitrogens is 1. The highest BCUT2D eigenvalue weighted by molar-refractivity contribution is 5.92. The smallest absolute Gasteiger partial charge is 0.342 e. The Bertz CT molecular complexity index is 613. The molecule has 0 radical (unpaired) electrons. The number of rotatable bonds is 4. The Hall–Kier alpha value is -2.50. The van der Waals surface area contributed by atoms with Crippen LogP contribution in [0, 0.1) is 13.8 Å². The molecule has 0 bridgehead atoms. The predicted octanol–water partition coefficient (Wildman–Crippen LogP) is 2.36. The van der Waals surface area contributed by atoms with Crippen LogP contribution >= 0.6 is 0 Å². The predicted molar refractivity (Wildman–Crippen MR) is 69.8 cm³/mol. The summed E-state index contributed by atoms with van der Waals surface area (Å²) in [6, 6.07) is 4.36. The van der Waals surface area contributed by atoms with Gasteiger partial charge >= 0.3 is 5.97 Å². The molecule has 2 aromatic rings. The van der Waals surface area contributed by atoms with Crippen molar-refractivity contribution in [2.24, 2.45) is 0 Å². The van der Waals surface area contributed by atoms with Crippen molar-refractivity contribution in [3.8, 4) is 11.5 Å². The molecule has 0 fully saturated rings. The van der Waals surface area contributed by atoms with E-state index in [2.05, 4.69) is 5.16 Å². The third-order valence-electron chi connectivity index (χ3n) is 2.95. The molecule has 20 heavy (non-hydrogen) atoms. The third kappa shape index (κ3) is 2.74. The van der Waals surface area contributed by atoms with Crippen molar-refractivity contribution in [3.05, 3.63) is 40.8 Å². The molecule has 1 N–H and O–H groups in total. The Kier molecular flexibility index (Phi) is 3.93. The monoisotopic (exact) mass is 277 g/mol. The zero-order chi connectivity index (χ0) is 14.7. The van der Waals surface area contributed by atoms with Crippen molar-refractivity contribution in [1.29, 1.82) is 0 Å². The summed E-state index contributed by atoms with van der Waals surface area (Å²) in [5.74, 6) is 0.271. The van der Waals surface area contributed by atoms with Crippen LogP contribution in [0.4, 0.5) is 0 Å². The largest absolute Gasteiger partial charge is 0.507 e. The van der Waals surface area contributed by atoms with Crippen LogP contribution in [-0.4, -0.2) is 23.3 Å². The van der Waals surface area contributed by atoms with E-state index in [-0.39, 0.29) is 17.9 Å². The highest BCUT2D eigenvalue weighted by atomic mass is 16.5. The fourth-order valence-electron chi connectivity index (χ4n) is 1.73. The molecule has 1 aromatic heterocycles. The molecule has 0 aliphatic carbocycles. The van der Waals surface area contributed by atoms with Gasteiger partial charge in [0.2, 0.25) is 0 Å². The van der Waals surface area contributed by atoms with E-state index in [1.165, 1.54) is 19.2 Å². The molecule has 6 heteroatoms. The first-order chi connectivity index (χ1) is 9.52. The number of methoxy groups -OCH3 is 1. The van der Waals surface area contributed by atoms with Crippen LogP contribution in [0.2, 0.25) is 0 Å². The molecule has 0 atom stereocenters. The average molecular weight is 277 g/mol. The SMILES string of the molecule is COc1ccc(O)c(C(=O)OCc2c(C)noc2C)c1. The molecular weight excluding hydrogens is 262 g/mol. The number of phenols is 1. The second-order valence-corrected chi connectivity index (χ2v) is 4.26. The van der Waals surface area contributed by atoms with Crippen LogP contribution < -0.4 is 4.74 Å². The standard InChI is InChI=1S/C14H15NO5/c1-8-12(9(2)20-15-8)7-19-14(17)11-6-10(18-3)4-5-13(11)16/h4-6,16H,7H2,1-3H3. The number of hydrogen-bond donors (Lipinski definition) is 1. The van der Waals surface area contributed by atoms with E-state index in [1.54, 1.807) is 19.9 Å². The van der Waals surface area contributed by atoms with Crippen LogP contribution in [0.15, 0.2) is 22.7 Å². The minimum absolute atomic E-state index is 0.0383. The second kappa shape index (κ2) is 5.64. The van der Waals surface area contributed by atoms with Gasteiger partial charge in [0.25, 0.3) is 0 Å². The number of nitrogens with zero attached hydrogens (tertiary/aromatic N) is 1. The summed E-state index contributed by atoms with van der Waals surface area (Å²) in [6.07, 6.45) is 0. The minimum Gasteiger partial charge on any atom is -0.507 e. The summed E-state index contributed by atoms with van der Waals surface area (Å²) in [6.45, 7) is 3.55. The van der Waals surface area contributed by atoms with Crippen molar-refractivity contribution in [2.45, 2.75) is 20.5 Å². The van der Waals surface area contributed by atoms with E-state index in [9.17, 15) is 9.90 Å². The molecule has 1 heterocycles. The Balaban J connectivity index is 2.13. The topological polar surface area (TPSA) is 81.8 Å². The number of aryl methyl sites for hydroxylation is 2. The maximum atomic E-state index is 12.0. The molecule has 0 aliphatic heterocycles. The zero-order valence-electron chi connectivity index (χ0n) is 11.5. The van der Waals surface area contributed by atoms with Crippen LogP contribution in [0.5, 0.6) is 11.5 Å². The van der Waals surface area contributed by atoms with Gasteiger partial charge < -0.3 is 19.1 Å². The van der Waals surface area contributed by atoms with Crippen molar-refractivity contribution in [3.63, 3.8) is 0 Å². The normalized spacial score (nSPS) is 10.3. The first-order valence-electron chi connectivity index (χ1n) is 5.98. The van der Waals surface area contributed by atoms with Crippen molar-refractivity contribution >= 4 is 5.97 Å². The van der Waals surface area contributed by atoms with E-state index >= 15 is 0 Å². The fourth-order valence-corrected chi connectivity index (χ4v) is 1.73. The molecule has 6 nitrogen and oxygen atoms in total. The third-order valence-corrected chi connectivity index (χ3v) is 2.95. The Morgan fingerprint density at radius 1 is 1.40 bits per heavy atom. The first-order valence-corrected chi connectivity index (χ1v) is 5.98. The number of aromatic hydroxyl groups is 1. The molecule has 106 valence electrons. The zero-order valence-corrected chi connectivity index (χ0v) is 11.5. The molecule has 1 aromatic carbocycles. The van der Waals surface area contributed by atoms with Crippen LogP contribution in [0.3, 0.4) is 0 Å². The number of benzene rings is 1. The molecule has 0 saturated heterocycles. The van der Waals surface area contributed by atoms with Gasteiger partial charge in [0.05, 0.1) is 18.4 Å². The molecule has 2 rings (SSSR count). The lowest BCUT2D eigenvalue weighted by atomic mass is 10.2. The number of phenolic OH excluding ortho intramolecular Hbond substituents is 1. The van der Waals surface area contributed by atoms with Crippen molar-refractivity contribution in [1.82, 2.24) is 5.16 Å². The summed E-state index contributed by atoms with van der Waals surface area (Å²) in [5.41, 5.74) is 1.45. The highest BCUT2D eigenvalue weighted by Gasteiger charge is 2.16. The highest BCUT2D eigenvalue weighted by Crippen LogP contribution is 2.24. The Labute approximate surface area is 115 Å². The van der Waals surface area contributed by atoms with Crippen LogP contribution in [-0.2, 0) is 11.3 Å². The molecule has 0 unspecified atom stereocenters. The minimum atomic E-state index is -0.638. The number of carbonyl (C=O) groups is 1. The maximum Gasteiger partial charge on any atom is 0.342 e. The number of esters is 1. The molecule has 0 aliphatic rings. The number of carbonyl (C=O) groups excluding carboxylic acids is 1. The number of hydrogen-bond acceptors (Lipinski definition) is 6. The lowest BCUT2D eigenvalue weighted by Gasteiger charge is -2.07. The van der Waals surface area contributed by atoms with Crippen molar-refractivity contribution in [2.75, 3.05) is 7.11 Å². The summed E-state index contributed by atoms with van der Waals surface area (Å²) < 4.78 is 15.1. The van der Waals surface area contributed by atoms with E-state index in [0.29, 0.717) is 17.2 Å². The molecular formula is C14H15NO5. The van der Waals surface area contributed by atoms with Crippen LogP contribution in [0.1, 0.15) is 27.4 Å². The van der Waals surface area contributed by atoms with E-state index in [0.717, 1.165) is 5.56 Å². The fraction of sp³-hybridized carbons (Fsp3) is 0.286. The van der Waals surface area contributed by atoms with Gasteiger partial charge in [-0.15, -0.1) is 0 Å². The van der Waals surface area contributed by atoms with E-state index in [1.807, 2.05) is 0 Å². The summed E-state index contributed by atoms with van der Waals surface area (Å²) in [5, 5.41) is 13.5. The summed E-state index contributed by atoms with van der Waals surface area (Å²) >= 11 is 0. The van der Waals surface area contributed by atoms with Gasteiger partial charge in [-0.1, -0.05) is 5.16 Å². The Morgan fingerprint density at radius 3 is 2.75 bits per heavy atom. The van der Waals surface area contributed by atoms with Crippen molar-refractivity contribution < 1.29 is 23.9 Å². The number of ether oxygens (including phenoxy) is 2. The van der Waals surface area contributed by atoms with E-state index < -0.39 is 5.97 Å². The molecule has 0 amide bonds. The van der Waals surface area contributed by atoms with Gasteiger partial charge in [-0.05, 0) is 32.0 Å². The van der Waals surface area contributed by atoms with Gasteiger partial charge in [-0.25, -0.2) is 4.79 Å². The van der Waals surface area contributed by atoms with Crippen LogP contribution in [0.25, 0.3) is 0 Å². The van der Waals surface area contributed by atoms with Gasteiger partial charge in [0, 0.05) is 0 Å². The molecule has 0 saturated carbocycles. The quantitative estimate of drug-likeness (QED) is 0.864. The average Bonchev–Trinajstić information content (AvgIpc) is 2.76. The summed E-state index contributed by atoms with van der Waals surface area (Å²) in [4.78, 5) is 12.0. The van der Waals surface area contributed by atoms with Gasteiger partial charge in [0.1, 0.15) is 29.4 Å². The van der Waals surface area contributed by atoms with Gasteiger partial charge in [-0.2, -0.15) is 0 Å². The van der Waals surface area contributed by atoms with Gasteiger partial charge in [0.15, 0.2) is 0 Å². The first kappa shape index (κ1) is 13.9. The van der Waals surface area contributed by atoms with Gasteiger partial charge in [-0.3, -0.25) is 0 Å². The second-order valence-electron chi connectivity index (χ2n) is 4.26. The Morgan fingerprint density at radius 2 is 2.15 bits per heavy atom.